The zero-order valence-electron chi connectivity index (χ0n) is 16.5. The van der Waals surface area contributed by atoms with Gasteiger partial charge in [0.1, 0.15) is 0 Å². The van der Waals surface area contributed by atoms with E-state index in [9.17, 15) is 13.2 Å². The fourth-order valence-electron chi connectivity index (χ4n) is 2.97. The van der Waals surface area contributed by atoms with E-state index in [1.54, 1.807) is 31.2 Å². The number of anilines is 2. The summed E-state index contributed by atoms with van der Waals surface area (Å²) in [6.07, 6.45) is 3.14. The molecule has 6 heteroatoms. The summed E-state index contributed by atoms with van der Waals surface area (Å²) in [6, 6.07) is 12.4. The Morgan fingerprint density at radius 1 is 1.07 bits per heavy atom. The highest BCUT2D eigenvalue weighted by atomic mass is 32.2. The first kappa shape index (κ1) is 21.0. The van der Waals surface area contributed by atoms with Crippen molar-refractivity contribution >= 4 is 27.3 Å². The highest BCUT2D eigenvalue weighted by Crippen LogP contribution is 2.29. The van der Waals surface area contributed by atoms with Crippen LogP contribution in [0.4, 0.5) is 11.4 Å². The van der Waals surface area contributed by atoms with Gasteiger partial charge in [-0.2, -0.15) is 0 Å². The van der Waals surface area contributed by atoms with Crippen LogP contribution in [0.3, 0.4) is 0 Å². The molecule has 0 spiro atoms. The molecule has 1 N–H and O–H groups in total. The van der Waals surface area contributed by atoms with Gasteiger partial charge in [-0.3, -0.25) is 9.10 Å². The lowest BCUT2D eigenvalue weighted by molar-refractivity contribution is -0.114. The Balaban J connectivity index is 2.39. The van der Waals surface area contributed by atoms with Gasteiger partial charge in [-0.1, -0.05) is 31.5 Å². The second-order valence-corrected chi connectivity index (χ2v) is 8.46. The van der Waals surface area contributed by atoms with Crippen LogP contribution < -0.4 is 9.62 Å². The Morgan fingerprint density at radius 2 is 1.74 bits per heavy atom. The van der Waals surface area contributed by atoms with Gasteiger partial charge >= 0.3 is 0 Å². The number of unbranched alkanes of at least 4 members (excludes halogenated alkanes) is 1. The molecule has 2 aromatic carbocycles. The molecule has 0 fully saturated rings. The van der Waals surface area contributed by atoms with Crippen LogP contribution in [0.2, 0.25) is 0 Å². The third kappa shape index (κ3) is 5.10. The number of nitrogens with zero attached hydrogens (tertiary/aromatic N) is 1. The maximum absolute atomic E-state index is 13.2. The summed E-state index contributed by atoms with van der Waals surface area (Å²) in [5.41, 5.74) is 3.11. The molecule has 0 radical (unpaired) electrons. The summed E-state index contributed by atoms with van der Waals surface area (Å²) < 4.78 is 27.8. The van der Waals surface area contributed by atoms with E-state index in [0.29, 0.717) is 17.9 Å². The van der Waals surface area contributed by atoms with Crippen LogP contribution in [-0.2, 0) is 21.2 Å². The van der Waals surface area contributed by atoms with Crippen molar-refractivity contribution in [1.82, 2.24) is 0 Å². The molecule has 0 aromatic heterocycles. The smallest absolute Gasteiger partial charge is 0.264 e. The Morgan fingerprint density at radius 3 is 2.30 bits per heavy atom. The third-order valence-corrected chi connectivity index (χ3v) is 6.32. The van der Waals surface area contributed by atoms with Crippen LogP contribution in [0.15, 0.2) is 47.4 Å². The number of amides is 1. The van der Waals surface area contributed by atoms with Crippen LogP contribution in [0.5, 0.6) is 0 Å². The van der Waals surface area contributed by atoms with Gasteiger partial charge in [0.25, 0.3) is 10.0 Å². The van der Waals surface area contributed by atoms with E-state index in [-0.39, 0.29) is 10.8 Å². The van der Waals surface area contributed by atoms with Gasteiger partial charge in [0.15, 0.2) is 0 Å². The number of sulfonamides is 1. The molecule has 27 heavy (non-hydrogen) atoms. The summed E-state index contributed by atoms with van der Waals surface area (Å²) in [6.45, 7) is 7.52. The Bertz CT molecular complexity index is 890. The van der Waals surface area contributed by atoms with E-state index in [1.165, 1.54) is 11.2 Å². The fourth-order valence-corrected chi connectivity index (χ4v) is 4.50. The van der Waals surface area contributed by atoms with Crippen molar-refractivity contribution in [3.05, 3.63) is 53.6 Å². The summed E-state index contributed by atoms with van der Waals surface area (Å²) in [7, 11) is -3.69. The average molecular weight is 389 g/mol. The van der Waals surface area contributed by atoms with Gasteiger partial charge in [-0.15, -0.1) is 0 Å². The number of nitrogens with one attached hydrogen (secondary N) is 1. The molecule has 0 saturated carbocycles. The lowest BCUT2D eigenvalue weighted by Crippen LogP contribution is -2.31. The summed E-state index contributed by atoms with van der Waals surface area (Å²) in [4.78, 5) is 11.6. The summed E-state index contributed by atoms with van der Waals surface area (Å²) >= 11 is 0. The lowest BCUT2D eigenvalue weighted by Gasteiger charge is -2.25. The number of carbonyl (C=O) groups is 1. The Hall–Kier alpha value is -2.34. The molecule has 2 rings (SSSR count). The minimum Gasteiger partial charge on any atom is -0.326 e. The van der Waals surface area contributed by atoms with E-state index in [2.05, 4.69) is 12.2 Å². The molecule has 0 aliphatic carbocycles. The molecule has 5 nitrogen and oxygen atoms in total. The lowest BCUT2D eigenvalue weighted by atomic mass is 10.1. The zero-order valence-corrected chi connectivity index (χ0v) is 17.3. The molecule has 0 unspecified atom stereocenters. The maximum atomic E-state index is 13.2. The maximum Gasteiger partial charge on any atom is 0.264 e. The quantitative estimate of drug-likeness (QED) is 0.723. The summed E-state index contributed by atoms with van der Waals surface area (Å²) in [5.74, 6) is -0.196. The number of benzene rings is 2. The monoisotopic (exact) mass is 388 g/mol. The van der Waals surface area contributed by atoms with Gasteiger partial charge in [0.05, 0.1) is 10.6 Å². The molecule has 0 saturated heterocycles. The van der Waals surface area contributed by atoms with E-state index in [4.69, 9.17) is 0 Å². The average Bonchev–Trinajstić information content (AvgIpc) is 2.63. The van der Waals surface area contributed by atoms with Crippen molar-refractivity contribution in [3.8, 4) is 0 Å². The van der Waals surface area contributed by atoms with Crippen LogP contribution >= 0.6 is 0 Å². The number of hydrogen-bond acceptors (Lipinski definition) is 3. The van der Waals surface area contributed by atoms with Crippen molar-refractivity contribution in [1.29, 1.82) is 0 Å². The predicted octanol–water partition coefficient (Wildman–Crippen LogP) is 4.51. The third-order valence-electron chi connectivity index (χ3n) is 4.42. The van der Waals surface area contributed by atoms with Crippen molar-refractivity contribution in [2.24, 2.45) is 0 Å². The van der Waals surface area contributed by atoms with E-state index >= 15 is 0 Å². The van der Waals surface area contributed by atoms with Crippen LogP contribution in [0.25, 0.3) is 0 Å². The second kappa shape index (κ2) is 9.04. The Labute approximate surface area is 162 Å². The molecule has 2 aromatic rings. The van der Waals surface area contributed by atoms with Gasteiger partial charge < -0.3 is 5.32 Å². The number of hydrogen-bond donors (Lipinski definition) is 1. The molecule has 0 heterocycles. The molecular weight excluding hydrogens is 360 g/mol. The zero-order chi connectivity index (χ0) is 20.0. The van der Waals surface area contributed by atoms with E-state index in [1.807, 2.05) is 25.1 Å². The molecule has 146 valence electrons. The minimum atomic E-state index is -3.69. The first-order valence-corrected chi connectivity index (χ1v) is 10.7. The van der Waals surface area contributed by atoms with Gasteiger partial charge in [-0.05, 0) is 62.1 Å². The summed E-state index contributed by atoms with van der Waals surface area (Å²) in [5, 5.41) is 2.71. The molecule has 1 amide bonds. The van der Waals surface area contributed by atoms with Crippen molar-refractivity contribution < 1.29 is 13.2 Å². The predicted molar refractivity (Wildman–Crippen MR) is 111 cm³/mol. The van der Waals surface area contributed by atoms with Crippen LogP contribution in [0, 0.1) is 6.92 Å². The van der Waals surface area contributed by atoms with Gasteiger partial charge in [-0.25, -0.2) is 8.42 Å². The molecule has 0 bridgehead atoms. The molecule has 0 atom stereocenters. The van der Waals surface area contributed by atoms with E-state index in [0.717, 1.165) is 30.4 Å². The van der Waals surface area contributed by atoms with Crippen molar-refractivity contribution in [2.45, 2.75) is 51.9 Å². The van der Waals surface area contributed by atoms with Gasteiger partial charge in [0.2, 0.25) is 5.91 Å². The van der Waals surface area contributed by atoms with Crippen LogP contribution in [-0.4, -0.2) is 20.9 Å². The van der Waals surface area contributed by atoms with Gasteiger partial charge in [0, 0.05) is 19.2 Å². The molecular formula is C21H28N2O3S. The number of rotatable bonds is 8. The largest absolute Gasteiger partial charge is 0.326 e. The minimum absolute atomic E-state index is 0.196. The highest BCUT2D eigenvalue weighted by molar-refractivity contribution is 7.92. The van der Waals surface area contributed by atoms with Crippen molar-refractivity contribution in [2.75, 3.05) is 16.2 Å². The number of aryl methyl sites for hydroxylation is 2. The normalized spacial score (nSPS) is 11.3. The SMILES string of the molecule is CCCCc1ccc(S(=O)(=O)N(CC)c2cc(NC(C)=O)ccc2C)cc1. The first-order chi connectivity index (χ1) is 12.8. The topological polar surface area (TPSA) is 66.5 Å². The fraction of sp³-hybridized carbons (Fsp3) is 0.381. The highest BCUT2D eigenvalue weighted by Gasteiger charge is 2.25. The second-order valence-electron chi connectivity index (χ2n) is 6.60. The van der Waals surface area contributed by atoms with Crippen LogP contribution in [0.1, 0.15) is 44.7 Å². The standard InChI is InChI=1S/C21H28N2O3S/c1-5-7-8-18-10-13-20(14-11-18)27(25,26)23(6-2)21-15-19(22-17(4)24)12-9-16(21)3/h9-15H,5-8H2,1-4H3,(H,22,24). The van der Waals surface area contributed by atoms with E-state index < -0.39 is 10.0 Å². The molecule has 0 aliphatic rings. The Kier molecular flexibility index (Phi) is 7.02. The first-order valence-electron chi connectivity index (χ1n) is 9.29. The van der Waals surface area contributed by atoms with Crippen molar-refractivity contribution in [3.63, 3.8) is 0 Å². The number of carbonyl (C=O) groups excluding carboxylic acids is 1. The molecule has 0 aliphatic heterocycles.